The monoisotopic (exact) mass is 327 g/mol. The highest BCUT2D eigenvalue weighted by Crippen LogP contribution is 2.32. The van der Waals surface area contributed by atoms with Gasteiger partial charge in [-0.3, -0.25) is 4.90 Å². The molecule has 0 bridgehead atoms. The second-order valence-corrected chi connectivity index (χ2v) is 7.05. The molecule has 0 amide bonds. The maximum atomic E-state index is 12.0. The lowest BCUT2D eigenvalue weighted by atomic mass is 9.90. The summed E-state index contributed by atoms with van der Waals surface area (Å²) in [5.41, 5.74) is 1.77. The number of carbonyl (C=O) groups excluding carboxylic acids is 1. The number of ether oxygens (including phenoxy) is 1. The smallest absolute Gasteiger partial charge is 0.339 e. The van der Waals surface area contributed by atoms with E-state index in [1.807, 2.05) is 18.2 Å². The van der Waals surface area contributed by atoms with E-state index >= 15 is 0 Å². The Kier molecular flexibility index (Phi) is 3.60. The van der Waals surface area contributed by atoms with Gasteiger partial charge in [0.2, 0.25) is 0 Å². The number of aliphatic hydroxyl groups is 2. The van der Waals surface area contributed by atoms with Crippen LogP contribution >= 0.6 is 0 Å². The number of esters is 1. The molecule has 0 saturated carbocycles. The summed E-state index contributed by atoms with van der Waals surface area (Å²) < 4.78 is 5.21. The third-order valence-electron chi connectivity index (χ3n) is 5.27. The summed E-state index contributed by atoms with van der Waals surface area (Å²) >= 11 is 0. The van der Waals surface area contributed by atoms with Gasteiger partial charge in [0, 0.05) is 25.0 Å². The third kappa shape index (κ3) is 2.49. The molecule has 2 heterocycles. The van der Waals surface area contributed by atoms with Gasteiger partial charge in [-0.1, -0.05) is 24.3 Å². The van der Waals surface area contributed by atoms with Gasteiger partial charge in [0.25, 0.3) is 0 Å². The molecule has 0 spiro atoms. The average Bonchev–Trinajstić information content (AvgIpc) is 2.56. The molecule has 5 nitrogen and oxygen atoms in total. The van der Waals surface area contributed by atoms with Crippen LogP contribution in [0.25, 0.3) is 10.8 Å². The van der Waals surface area contributed by atoms with Crippen molar-refractivity contribution in [3.05, 3.63) is 47.0 Å². The molecule has 126 valence electrons. The van der Waals surface area contributed by atoms with Crippen molar-refractivity contribution in [3.8, 4) is 0 Å². The number of nitrogens with zero attached hydrogens (tertiary/aromatic N) is 1. The Morgan fingerprint density at radius 1 is 1.33 bits per heavy atom. The van der Waals surface area contributed by atoms with E-state index in [9.17, 15) is 15.0 Å². The molecule has 2 aromatic rings. The van der Waals surface area contributed by atoms with E-state index in [1.54, 1.807) is 13.0 Å². The van der Waals surface area contributed by atoms with Crippen molar-refractivity contribution in [2.45, 2.75) is 38.2 Å². The van der Waals surface area contributed by atoms with Gasteiger partial charge in [0.15, 0.2) is 0 Å². The second kappa shape index (κ2) is 5.55. The Labute approximate surface area is 140 Å². The van der Waals surface area contributed by atoms with Crippen LogP contribution in [-0.4, -0.2) is 45.9 Å². The highest BCUT2D eigenvalue weighted by Gasteiger charge is 2.36. The summed E-state index contributed by atoms with van der Waals surface area (Å²) in [6.45, 7) is 3.86. The van der Waals surface area contributed by atoms with E-state index in [-0.39, 0.29) is 5.97 Å². The molecule has 24 heavy (non-hydrogen) atoms. The molecule has 0 unspecified atom stereocenters. The maximum absolute atomic E-state index is 12.0. The fourth-order valence-electron chi connectivity index (χ4n) is 3.66. The molecular formula is C19H21NO4. The van der Waals surface area contributed by atoms with Crippen LogP contribution in [0.15, 0.2) is 30.3 Å². The van der Waals surface area contributed by atoms with Gasteiger partial charge in [-0.05, 0) is 35.9 Å². The molecule has 4 rings (SSSR count). The van der Waals surface area contributed by atoms with Gasteiger partial charge in [0.05, 0.1) is 17.3 Å². The Balaban J connectivity index is 1.68. The zero-order valence-corrected chi connectivity index (χ0v) is 13.7. The van der Waals surface area contributed by atoms with E-state index < -0.39 is 11.7 Å². The first kappa shape index (κ1) is 15.6. The average molecular weight is 327 g/mol. The van der Waals surface area contributed by atoms with Crippen LogP contribution in [-0.2, 0) is 17.9 Å². The van der Waals surface area contributed by atoms with E-state index in [0.29, 0.717) is 31.7 Å². The molecule has 5 heteroatoms. The van der Waals surface area contributed by atoms with Crippen molar-refractivity contribution in [1.82, 2.24) is 4.90 Å². The van der Waals surface area contributed by atoms with E-state index in [0.717, 1.165) is 28.4 Å². The molecule has 1 saturated heterocycles. The lowest BCUT2D eigenvalue weighted by Gasteiger charge is -2.40. The number of rotatable bonds is 2. The molecule has 2 aliphatic rings. The Morgan fingerprint density at radius 3 is 2.96 bits per heavy atom. The summed E-state index contributed by atoms with van der Waals surface area (Å²) in [5.74, 6) is -0.269. The molecule has 1 fully saturated rings. The summed E-state index contributed by atoms with van der Waals surface area (Å²) in [4.78, 5) is 14.1. The van der Waals surface area contributed by atoms with Crippen molar-refractivity contribution in [2.75, 3.05) is 13.1 Å². The lowest BCUT2D eigenvalue weighted by Crippen LogP contribution is -2.53. The molecule has 0 radical (unpaired) electrons. The number of likely N-dealkylation sites (tertiary alicyclic amines) is 1. The molecule has 0 aromatic heterocycles. The van der Waals surface area contributed by atoms with Crippen LogP contribution in [0.2, 0.25) is 0 Å². The van der Waals surface area contributed by atoms with Crippen LogP contribution < -0.4 is 0 Å². The van der Waals surface area contributed by atoms with E-state index in [1.165, 1.54) is 0 Å². The number of β-amino-alcohol motifs (C(OH)–C–C–N with tert-alkyl or cyclic N) is 1. The molecule has 2 aromatic carbocycles. The summed E-state index contributed by atoms with van der Waals surface area (Å²) in [6.07, 6.45) is -0.205. The molecular weight excluding hydrogens is 306 g/mol. The Hall–Kier alpha value is -1.95. The summed E-state index contributed by atoms with van der Waals surface area (Å²) in [5, 5.41) is 22.3. The molecule has 0 aliphatic carbocycles. The van der Waals surface area contributed by atoms with Crippen LogP contribution in [0.1, 0.15) is 34.8 Å². The predicted octanol–water partition coefficient (Wildman–Crippen LogP) is 1.83. The minimum atomic E-state index is -1.01. The fraction of sp³-hybridized carbons (Fsp3) is 0.421. The number of cyclic esters (lactones) is 1. The maximum Gasteiger partial charge on any atom is 0.339 e. The second-order valence-electron chi connectivity index (χ2n) is 7.05. The van der Waals surface area contributed by atoms with Crippen LogP contribution in [0, 0.1) is 0 Å². The lowest BCUT2D eigenvalue weighted by molar-refractivity contribution is -0.108. The van der Waals surface area contributed by atoms with Gasteiger partial charge < -0.3 is 14.9 Å². The number of piperidine rings is 1. The quantitative estimate of drug-likeness (QED) is 0.824. The van der Waals surface area contributed by atoms with Crippen molar-refractivity contribution in [1.29, 1.82) is 0 Å². The van der Waals surface area contributed by atoms with Gasteiger partial charge in [0.1, 0.15) is 6.61 Å². The number of benzene rings is 2. The minimum absolute atomic E-state index is 0.269. The number of hydrogen-bond acceptors (Lipinski definition) is 5. The molecule has 2 aliphatic heterocycles. The van der Waals surface area contributed by atoms with Gasteiger partial charge in [-0.2, -0.15) is 0 Å². The van der Waals surface area contributed by atoms with Gasteiger partial charge in [-0.25, -0.2) is 4.79 Å². The SMILES string of the molecule is C[C@]1(O)CCN(Cc2ccc3c4c(cccc24)C(=O)OC3)C[C@@H]1O. The predicted molar refractivity (Wildman–Crippen MR) is 89.6 cm³/mol. The zero-order chi connectivity index (χ0) is 16.9. The number of aliphatic hydroxyl groups excluding tert-OH is 1. The van der Waals surface area contributed by atoms with Gasteiger partial charge in [-0.15, -0.1) is 0 Å². The third-order valence-corrected chi connectivity index (χ3v) is 5.27. The first-order valence-corrected chi connectivity index (χ1v) is 8.29. The standard InChI is InChI=1S/C19H21NO4/c1-19(23)7-8-20(10-16(19)21)9-12-5-6-13-11-24-18(22)15-4-2-3-14(12)17(13)15/h2-6,16,21,23H,7-11H2,1H3/t16-,19-/m0/s1. The van der Waals surface area contributed by atoms with Crippen molar-refractivity contribution >= 4 is 16.7 Å². The topological polar surface area (TPSA) is 70.0 Å². The summed E-state index contributed by atoms with van der Waals surface area (Å²) in [6, 6.07) is 9.81. The highest BCUT2D eigenvalue weighted by atomic mass is 16.5. The Morgan fingerprint density at radius 2 is 2.17 bits per heavy atom. The summed E-state index contributed by atoms with van der Waals surface area (Å²) in [7, 11) is 0. The first-order valence-electron chi connectivity index (χ1n) is 8.29. The van der Waals surface area contributed by atoms with Crippen LogP contribution in [0.3, 0.4) is 0 Å². The van der Waals surface area contributed by atoms with E-state index in [4.69, 9.17) is 4.74 Å². The zero-order valence-electron chi connectivity index (χ0n) is 13.7. The minimum Gasteiger partial charge on any atom is -0.457 e. The largest absolute Gasteiger partial charge is 0.457 e. The fourth-order valence-corrected chi connectivity index (χ4v) is 3.66. The van der Waals surface area contributed by atoms with Crippen molar-refractivity contribution in [3.63, 3.8) is 0 Å². The van der Waals surface area contributed by atoms with E-state index in [2.05, 4.69) is 11.0 Å². The van der Waals surface area contributed by atoms with Crippen molar-refractivity contribution < 1.29 is 19.7 Å². The Bertz CT molecular complexity index is 814. The molecule has 2 atom stereocenters. The van der Waals surface area contributed by atoms with Gasteiger partial charge >= 0.3 is 5.97 Å². The normalized spacial score (nSPS) is 27.3. The first-order chi connectivity index (χ1) is 11.5. The van der Waals surface area contributed by atoms with Crippen LogP contribution in [0.4, 0.5) is 0 Å². The van der Waals surface area contributed by atoms with Crippen molar-refractivity contribution in [2.24, 2.45) is 0 Å². The highest BCUT2D eigenvalue weighted by molar-refractivity contribution is 6.08. The number of carbonyl (C=O) groups is 1. The number of hydrogen-bond donors (Lipinski definition) is 2. The van der Waals surface area contributed by atoms with Crippen LogP contribution in [0.5, 0.6) is 0 Å². The molecule has 2 N–H and O–H groups in total.